The molecule has 0 aliphatic carbocycles. The number of hydrogen-bond donors (Lipinski definition) is 1. The molecule has 1 aliphatic rings. The van der Waals surface area contributed by atoms with Crippen LogP contribution >= 0.6 is 11.6 Å². The molecular weight excluding hydrogens is 318 g/mol. The topological polar surface area (TPSA) is 66.8 Å². The Labute approximate surface area is 141 Å². The van der Waals surface area contributed by atoms with E-state index in [-0.39, 0.29) is 5.92 Å². The summed E-state index contributed by atoms with van der Waals surface area (Å²) in [5, 5.41) is 10.0. The zero-order chi connectivity index (χ0) is 17.2. The van der Waals surface area contributed by atoms with Crippen LogP contribution < -0.4 is 0 Å². The molecule has 1 aliphatic heterocycles. The first kappa shape index (κ1) is 17.6. The maximum atomic E-state index is 12.2. The minimum absolute atomic E-state index is 0.0878. The van der Waals surface area contributed by atoms with Gasteiger partial charge in [0.2, 0.25) is 0 Å². The summed E-state index contributed by atoms with van der Waals surface area (Å²) < 4.78 is 5.32. The minimum atomic E-state index is -0.991. The lowest BCUT2D eigenvalue weighted by atomic mass is 9.97. The summed E-state index contributed by atoms with van der Waals surface area (Å²) in [4.78, 5) is 25.0. The number of rotatable bonds is 3. The second-order valence-corrected chi connectivity index (χ2v) is 7.36. The lowest BCUT2D eigenvalue weighted by Crippen LogP contribution is -2.43. The van der Waals surface area contributed by atoms with E-state index in [2.05, 4.69) is 0 Å². The largest absolute Gasteiger partial charge is 0.480 e. The van der Waals surface area contributed by atoms with Crippen LogP contribution in [0.4, 0.5) is 4.79 Å². The Balaban J connectivity index is 2.06. The highest BCUT2D eigenvalue weighted by molar-refractivity contribution is 6.30. The third-order valence-corrected chi connectivity index (χ3v) is 3.99. The number of carbonyl (C=O) groups excluding carboxylic acids is 1. The van der Waals surface area contributed by atoms with E-state index in [1.807, 2.05) is 24.3 Å². The third kappa shape index (κ3) is 4.86. The van der Waals surface area contributed by atoms with Gasteiger partial charge in [0.1, 0.15) is 11.6 Å². The highest BCUT2D eigenvalue weighted by atomic mass is 35.5. The van der Waals surface area contributed by atoms with Crippen LogP contribution in [0, 0.1) is 5.92 Å². The van der Waals surface area contributed by atoms with Crippen LogP contribution in [-0.4, -0.2) is 40.3 Å². The number of amides is 1. The van der Waals surface area contributed by atoms with Crippen LogP contribution in [0.3, 0.4) is 0 Å². The molecule has 2 rings (SSSR count). The van der Waals surface area contributed by atoms with Crippen molar-refractivity contribution >= 4 is 23.7 Å². The highest BCUT2D eigenvalue weighted by Gasteiger charge is 2.41. The second kappa shape index (κ2) is 6.79. The monoisotopic (exact) mass is 339 g/mol. The lowest BCUT2D eigenvalue weighted by Gasteiger charge is -2.26. The van der Waals surface area contributed by atoms with Crippen LogP contribution in [0.25, 0.3) is 0 Å². The Kier molecular flexibility index (Phi) is 5.19. The smallest absolute Gasteiger partial charge is 0.411 e. The Morgan fingerprint density at radius 2 is 1.91 bits per heavy atom. The molecule has 1 N–H and O–H groups in total. The van der Waals surface area contributed by atoms with Crippen molar-refractivity contribution in [2.75, 3.05) is 6.54 Å². The van der Waals surface area contributed by atoms with Gasteiger partial charge in [-0.05, 0) is 57.2 Å². The molecule has 2 atom stereocenters. The molecule has 5 nitrogen and oxygen atoms in total. The van der Waals surface area contributed by atoms with Crippen molar-refractivity contribution in [2.45, 2.75) is 45.3 Å². The molecule has 0 saturated carbocycles. The first-order valence-corrected chi connectivity index (χ1v) is 8.00. The fourth-order valence-electron chi connectivity index (χ4n) is 2.78. The van der Waals surface area contributed by atoms with Crippen LogP contribution in [0.1, 0.15) is 32.8 Å². The average Bonchev–Trinajstić information content (AvgIpc) is 2.84. The summed E-state index contributed by atoms with van der Waals surface area (Å²) in [6, 6.07) is 6.64. The van der Waals surface area contributed by atoms with Gasteiger partial charge in [0.25, 0.3) is 0 Å². The van der Waals surface area contributed by atoms with Crippen molar-refractivity contribution in [3.8, 4) is 0 Å². The summed E-state index contributed by atoms with van der Waals surface area (Å²) in [5.74, 6) is -0.903. The van der Waals surface area contributed by atoms with Crippen LogP contribution in [0.15, 0.2) is 24.3 Å². The first-order chi connectivity index (χ1) is 10.7. The number of carboxylic acids is 1. The van der Waals surface area contributed by atoms with E-state index in [0.29, 0.717) is 24.4 Å². The molecule has 0 bridgehead atoms. The quantitative estimate of drug-likeness (QED) is 0.913. The highest BCUT2D eigenvalue weighted by Crippen LogP contribution is 2.28. The van der Waals surface area contributed by atoms with Crippen molar-refractivity contribution in [3.63, 3.8) is 0 Å². The van der Waals surface area contributed by atoms with Crippen molar-refractivity contribution in [1.82, 2.24) is 4.90 Å². The number of likely N-dealkylation sites (tertiary alicyclic amines) is 1. The van der Waals surface area contributed by atoms with Gasteiger partial charge >= 0.3 is 12.1 Å². The summed E-state index contributed by atoms with van der Waals surface area (Å²) in [5.41, 5.74) is 0.434. The molecule has 0 radical (unpaired) electrons. The molecule has 1 heterocycles. The summed E-state index contributed by atoms with van der Waals surface area (Å²) >= 11 is 5.87. The lowest BCUT2D eigenvalue weighted by molar-refractivity contribution is -0.142. The summed E-state index contributed by atoms with van der Waals surface area (Å²) in [6.07, 6.45) is 0.570. The molecule has 1 fully saturated rings. The molecule has 0 unspecified atom stereocenters. The second-order valence-electron chi connectivity index (χ2n) is 6.92. The van der Waals surface area contributed by atoms with E-state index in [9.17, 15) is 14.7 Å². The van der Waals surface area contributed by atoms with Crippen LogP contribution in [0.5, 0.6) is 0 Å². The van der Waals surface area contributed by atoms with Crippen LogP contribution in [-0.2, 0) is 16.0 Å². The molecule has 1 amide bonds. The Morgan fingerprint density at radius 3 is 2.43 bits per heavy atom. The summed E-state index contributed by atoms with van der Waals surface area (Å²) in [6.45, 7) is 5.68. The molecule has 1 aromatic carbocycles. The Bertz CT molecular complexity index is 579. The van der Waals surface area contributed by atoms with Crippen molar-refractivity contribution in [1.29, 1.82) is 0 Å². The molecule has 1 aromatic rings. The maximum Gasteiger partial charge on any atom is 0.411 e. The molecule has 1 saturated heterocycles. The normalized spacial score (nSPS) is 21.3. The zero-order valence-electron chi connectivity index (χ0n) is 13.6. The van der Waals surface area contributed by atoms with Gasteiger partial charge in [0.15, 0.2) is 0 Å². The predicted octanol–water partition coefficient (Wildman–Crippen LogP) is 3.59. The number of halogens is 1. The number of carbonyl (C=O) groups is 2. The molecule has 23 heavy (non-hydrogen) atoms. The van der Waals surface area contributed by atoms with Gasteiger partial charge in [-0.15, -0.1) is 0 Å². The summed E-state index contributed by atoms with van der Waals surface area (Å²) in [7, 11) is 0. The molecule has 0 aromatic heterocycles. The SMILES string of the molecule is CC(C)(C)OC(=O)N1C[C@@H](Cc2ccc(Cl)cc2)C[C@@H]1C(=O)O. The van der Waals surface area contributed by atoms with E-state index in [4.69, 9.17) is 16.3 Å². The minimum Gasteiger partial charge on any atom is -0.480 e. The van der Waals surface area contributed by atoms with Gasteiger partial charge < -0.3 is 9.84 Å². The maximum absolute atomic E-state index is 12.2. The number of benzene rings is 1. The Morgan fingerprint density at radius 1 is 1.30 bits per heavy atom. The number of hydrogen-bond acceptors (Lipinski definition) is 3. The van der Waals surface area contributed by atoms with Gasteiger partial charge in [-0.25, -0.2) is 9.59 Å². The van der Waals surface area contributed by atoms with E-state index in [1.165, 1.54) is 4.90 Å². The molecule has 126 valence electrons. The van der Waals surface area contributed by atoms with Crippen molar-refractivity contribution < 1.29 is 19.4 Å². The number of carboxylic acid groups (broad SMARTS) is 1. The van der Waals surface area contributed by atoms with Gasteiger partial charge in [0, 0.05) is 11.6 Å². The number of aliphatic carboxylic acids is 1. The van der Waals surface area contributed by atoms with Crippen molar-refractivity contribution in [2.24, 2.45) is 5.92 Å². The van der Waals surface area contributed by atoms with Gasteiger partial charge in [0.05, 0.1) is 0 Å². The average molecular weight is 340 g/mol. The molecular formula is C17H22ClNO4. The third-order valence-electron chi connectivity index (χ3n) is 3.74. The van der Waals surface area contributed by atoms with Gasteiger partial charge in [-0.2, -0.15) is 0 Å². The fraction of sp³-hybridized carbons (Fsp3) is 0.529. The van der Waals surface area contributed by atoms with E-state index in [0.717, 1.165) is 5.56 Å². The number of ether oxygens (including phenoxy) is 1. The van der Waals surface area contributed by atoms with E-state index < -0.39 is 23.7 Å². The van der Waals surface area contributed by atoms with Gasteiger partial charge in [-0.3, -0.25) is 4.90 Å². The number of nitrogens with zero attached hydrogens (tertiary/aromatic N) is 1. The molecule has 6 heteroatoms. The predicted molar refractivity (Wildman–Crippen MR) is 87.6 cm³/mol. The first-order valence-electron chi connectivity index (χ1n) is 7.62. The Hall–Kier alpha value is -1.75. The van der Waals surface area contributed by atoms with E-state index in [1.54, 1.807) is 20.8 Å². The zero-order valence-corrected chi connectivity index (χ0v) is 14.3. The van der Waals surface area contributed by atoms with Gasteiger partial charge in [-0.1, -0.05) is 23.7 Å². The van der Waals surface area contributed by atoms with Crippen molar-refractivity contribution in [3.05, 3.63) is 34.9 Å². The fourth-order valence-corrected chi connectivity index (χ4v) is 2.91. The van der Waals surface area contributed by atoms with Crippen LogP contribution in [0.2, 0.25) is 5.02 Å². The van der Waals surface area contributed by atoms with E-state index >= 15 is 0 Å². The molecule has 0 spiro atoms. The standard InChI is InChI=1S/C17H22ClNO4/c1-17(2,3)23-16(22)19-10-12(9-14(19)15(20)21)8-11-4-6-13(18)7-5-11/h4-7,12,14H,8-10H2,1-3H3,(H,20,21)/t12-,14+/m0/s1.